The van der Waals surface area contributed by atoms with Crippen molar-refractivity contribution in [2.75, 3.05) is 7.11 Å². The van der Waals surface area contributed by atoms with Crippen molar-refractivity contribution in [3.8, 4) is 11.5 Å². The van der Waals surface area contributed by atoms with E-state index in [1.807, 2.05) is 0 Å². The van der Waals surface area contributed by atoms with E-state index in [2.05, 4.69) is 9.89 Å². The number of nitrogens with zero attached hydrogens (tertiary/aromatic N) is 2. The lowest BCUT2D eigenvalue weighted by Gasteiger charge is -1.97. The van der Waals surface area contributed by atoms with E-state index in [9.17, 15) is 14.9 Å². The average molecular weight is 252 g/mol. The van der Waals surface area contributed by atoms with Gasteiger partial charge >= 0.3 is 11.9 Å². The fourth-order valence-corrected chi connectivity index (χ4v) is 1.43. The smallest absolute Gasteiger partial charge is 0.433 e. The van der Waals surface area contributed by atoms with E-state index < -0.39 is 16.8 Å². The highest BCUT2D eigenvalue weighted by molar-refractivity contribution is 5.96. The fourth-order valence-electron chi connectivity index (χ4n) is 1.43. The first-order valence-electron chi connectivity index (χ1n) is 4.83. The normalized spacial score (nSPS) is 10.3. The zero-order valence-electron chi connectivity index (χ0n) is 9.50. The van der Waals surface area contributed by atoms with Crippen molar-refractivity contribution in [3.05, 3.63) is 33.5 Å². The molecule has 0 aliphatic carbocycles. The number of carbonyl (C=O) groups is 1. The van der Waals surface area contributed by atoms with E-state index in [0.29, 0.717) is 5.69 Å². The Morgan fingerprint density at radius 2 is 2.22 bits per heavy atom. The van der Waals surface area contributed by atoms with Crippen molar-refractivity contribution < 1.29 is 23.4 Å². The molecule has 0 fully saturated rings. The maximum atomic E-state index is 11.5. The van der Waals surface area contributed by atoms with Crippen LogP contribution >= 0.6 is 0 Å². The fraction of sp³-hybridized carbons (Fsp3) is 0.200. The minimum absolute atomic E-state index is 0.00690. The van der Waals surface area contributed by atoms with Crippen LogP contribution in [0.15, 0.2) is 21.1 Å². The molecule has 0 atom stereocenters. The lowest BCUT2D eigenvalue weighted by atomic mass is 10.1. The van der Waals surface area contributed by atoms with Gasteiger partial charge in [0.25, 0.3) is 0 Å². The first-order chi connectivity index (χ1) is 8.54. The average Bonchev–Trinajstić information content (AvgIpc) is 2.94. The third kappa shape index (κ3) is 1.83. The molecule has 0 aliphatic heterocycles. The summed E-state index contributed by atoms with van der Waals surface area (Å²) >= 11 is 0. The van der Waals surface area contributed by atoms with E-state index in [-0.39, 0.29) is 17.1 Å². The summed E-state index contributed by atoms with van der Waals surface area (Å²) in [5.74, 6) is -1.05. The van der Waals surface area contributed by atoms with Crippen LogP contribution in [0.1, 0.15) is 16.1 Å². The van der Waals surface area contributed by atoms with Gasteiger partial charge < -0.3 is 13.7 Å². The van der Waals surface area contributed by atoms with Crippen molar-refractivity contribution in [2.24, 2.45) is 0 Å². The van der Waals surface area contributed by atoms with Crippen LogP contribution in [0.25, 0.3) is 11.5 Å². The first kappa shape index (κ1) is 11.8. The van der Waals surface area contributed by atoms with Crippen LogP contribution in [-0.2, 0) is 4.74 Å². The van der Waals surface area contributed by atoms with Crippen LogP contribution in [0.2, 0.25) is 0 Å². The molecule has 0 spiro atoms. The van der Waals surface area contributed by atoms with Gasteiger partial charge in [0.1, 0.15) is 10.5 Å². The van der Waals surface area contributed by atoms with Crippen molar-refractivity contribution in [1.29, 1.82) is 0 Å². The van der Waals surface area contributed by atoms with Crippen LogP contribution in [0.4, 0.5) is 5.88 Å². The minimum Gasteiger partial charge on any atom is -0.465 e. The number of furan rings is 1. The molecule has 94 valence electrons. The van der Waals surface area contributed by atoms with E-state index in [1.54, 1.807) is 6.92 Å². The number of carbonyl (C=O) groups excluding carboxylic acids is 1. The highest BCUT2D eigenvalue weighted by Gasteiger charge is 2.26. The Labute approximate surface area is 100 Å². The molecule has 2 heterocycles. The molecule has 0 bridgehead atoms. The number of methoxy groups -OCH3 is 1. The molecule has 8 nitrogen and oxygen atoms in total. The molecule has 0 unspecified atom stereocenters. The van der Waals surface area contributed by atoms with Crippen molar-refractivity contribution >= 4 is 11.9 Å². The van der Waals surface area contributed by atoms with E-state index in [4.69, 9.17) is 8.94 Å². The molecule has 0 saturated carbocycles. The standard InChI is InChI=1S/C10H8N2O6/c1-5-8(10(13)16-2)9(18-11-5)6-3-4-7(17-6)12(14)15/h3-4H,1-2H3. The Morgan fingerprint density at radius 1 is 1.50 bits per heavy atom. The molecule has 0 aliphatic rings. The van der Waals surface area contributed by atoms with Crippen LogP contribution in [0.3, 0.4) is 0 Å². The summed E-state index contributed by atoms with van der Waals surface area (Å²) in [4.78, 5) is 21.3. The second kappa shape index (κ2) is 4.32. The van der Waals surface area contributed by atoms with Crippen LogP contribution in [0.5, 0.6) is 0 Å². The molecule has 0 saturated heterocycles. The minimum atomic E-state index is -0.690. The van der Waals surface area contributed by atoms with Gasteiger partial charge in [-0.2, -0.15) is 0 Å². The highest BCUT2D eigenvalue weighted by Crippen LogP contribution is 2.30. The van der Waals surface area contributed by atoms with Crippen LogP contribution in [-0.4, -0.2) is 23.2 Å². The predicted octanol–water partition coefficient (Wildman–Crippen LogP) is 1.94. The Morgan fingerprint density at radius 3 is 2.78 bits per heavy atom. The number of aromatic nitrogens is 1. The second-order valence-electron chi connectivity index (χ2n) is 3.36. The number of nitro groups is 1. The molecule has 2 rings (SSSR count). The Bertz CT molecular complexity index is 612. The van der Waals surface area contributed by atoms with Gasteiger partial charge in [-0.3, -0.25) is 10.1 Å². The summed E-state index contributed by atoms with van der Waals surface area (Å²) in [5.41, 5.74) is 0.401. The molecular weight excluding hydrogens is 244 g/mol. The maximum Gasteiger partial charge on any atom is 0.433 e. The zero-order valence-corrected chi connectivity index (χ0v) is 9.50. The van der Waals surface area contributed by atoms with E-state index >= 15 is 0 Å². The number of ether oxygens (including phenoxy) is 1. The molecule has 18 heavy (non-hydrogen) atoms. The number of hydrogen-bond acceptors (Lipinski definition) is 7. The molecular formula is C10H8N2O6. The van der Waals surface area contributed by atoms with Gasteiger partial charge in [0.2, 0.25) is 5.76 Å². The number of esters is 1. The van der Waals surface area contributed by atoms with E-state index in [1.165, 1.54) is 13.2 Å². The molecule has 2 aromatic rings. The molecule has 0 amide bonds. The SMILES string of the molecule is COC(=O)c1c(C)noc1-c1ccc([N+](=O)[O-])o1. The lowest BCUT2D eigenvalue weighted by Crippen LogP contribution is -2.03. The van der Waals surface area contributed by atoms with Gasteiger partial charge in [-0.05, 0) is 13.0 Å². The largest absolute Gasteiger partial charge is 0.465 e. The van der Waals surface area contributed by atoms with Gasteiger partial charge in [-0.15, -0.1) is 0 Å². The van der Waals surface area contributed by atoms with Gasteiger partial charge in [-0.25, -0.2) is 4.79 Å². The monoisotopic (exact) mass is 252 g/mol. The summed E-state index contributed by atoms with van der Waals surface area (Å²) in [6, 6.07) is 2.48. The quantitative estimate of drug-likeness (QED) is 0.466. The summed E-state index contributed by atoms with van der Waals surface area (Å²) in [6.45, 7) is 1.55. The first-order valence-corrected chi connectivity index (χ1v) is 4.83. The lowest BCUT2D eigenvalue weighted by molar-refractivity contribution is -0.401. The summed E-state index contributed by atoms with van der Waals surface area (Å²) < 4.78 is 14.4. The summed E-state index contributed by atoms with van der Waals surface area (Å²) in [5, 5.41) is 14.1. The van der Waals surface area contributed by atoms with E-state index in [0.717, 1.165) is 6.07 Å². The molecule has 2 aromatic heterocycles. The number of rotatable bonds is 3. The van der Waals surface area contributed by atoms with Gasteiger partial charge in [0.15, 0.2) is 5.76 Å². The topological polar surface area (TPSA) is 109 Å². The van der Waals surface area contributed by atoms with Crippen molar-refractivity contribution in [2.45, 2.75) is 6.92 Å². The Balaban J connectivity index is 2.50. The highest BCUT2D eigenvalue weighted by atomic mass is 16.6. The Kier molecular flexibility index (Phi) is 2.84. The Hall–Kier alpha value is -2.64. The predicted molar refractivity (Wildman–Crippen MR) is 56.9 cm³/mol. The molecule has 0 radical (unpaired) electrons. The third-order valence-electron chi connectivity index (χ3n) is 2.25. The third-order valence-corrected chi connectivity index (χ3v) is 2.25. The van der Waals surface area contributed by atoms with Gasteiger partial charge in [-0.1, -0.05) is 5.16 Å². The van der Waals surface area contributed by atoms with Gasteiger partial charge in [0, 0.05) is 0 Å². The van der Waals surface area contributed by atoms with Crippen molar-refractivity contribution in [1.82, 2.24) is 5.16 Å². The molecule has 0 N–H and O–H groups in total. The van der Waals surface area contributed by atoms with Gasteiger partial charge in [0.05, 0.1) is 18.9 Å². The summed E-state index contributed by atoms with van der Waals surface area (Å²) in [6.07, 6.45) is 0. The zero-order chi connectivity index (χ0) is 13.3. The molecule has 8 heteroatoms. The number of aryl methyl sites for hydroxylation is 1. The maximum absolute atomic E-state index is 11.5. The van der Waals surface area contributed by atoms with Crippen LogP contribution < -0.4 is 0 Å². The molecule has 0 aromatic carbocycles. The number of hydrogen-bond donors (Lipinski definition) is 0. The summed E-state index contributed by atoms with van der Waals surface area (Å²) in [7, 11) is 1.21. The van der Waals surface area contributed by atoms with Crippen molar-refractivity contribution in [3.63, 3.8) is 0 Å². The second-order valence-corrected chi connectivity index (χ2v) is 3.36. The van der Waals surface area contributed by atoms with Crippen LogP contribution in [0, 0.1) is 17.0 Å².